The van der Waals surface area contributed by atoms with E-state index < -0.39 is 16.7 Å². The van der Waals surface area contributed by atoms with Crippen molar-refractivity contribution in [1.29, 1.82) is 0 Å². The van der Waals surface area contributed by atoms with Crippen molar-refractivity contribution < 1.29 is 14.5 Å². The highest BCUT2D eigenvalue weighted by Gasteiger charge is 2.35. The van der Waals surface area contributed by atoms with Gasteiger partial charge in [0.25, 0.3) is 17.5 Å². The number of non-ortho nitro benzene ring substituents is 1. The van der Waals surface area contributed by atoms with Crippen LogP contribution in [0.2, 0.25) is 0 Å². The van der Waals surface area contributed by atoms with Crippen molar-refractivity contribution in [3.8, 4) is 0 Å². The minimum Gasteiger partial charge on any atom is -0.267 e. The van der Waals surface area contributed by atoms with E-state index in [1.165, 1.54) is 24.4 Å². The average molecular weight is 295 g/mol. The van der Waals surface area contributed by atoms with Gasteiger partial charge in [-0.25, -0.2) is 0 Å². The summed E-state index contributed by atoms with van der Waals surface area (Å²) >= 11 is 0. The van der Waals surface area contributed by atoms with Gasteiger partial charge in [0.1, 0.15) is 0 Å². The first kappa shape index (κ1) is 13.6. The minimum absolute atomic E-state index is 0.0914. The molecule has 0 spiro atoms. The van der Waals surface area contributed by atoms with Crippen LogP contribution in [0.1, 0.15) is 26.3 Å². The van der Waals surface area contributed by atoms with Gasteiger partial charge in [0.05, 0.1) is 22.3 Å². The lowest BCUT2D eigenvalue weighted by Crippen LogP contribution is -2.23. The lowest BCUT2D eigenvalue weighted by molar-refractivity contribution is -0.384. The number of amides is 2. The fourth-order valence-electron chi connectivity index (χ4n) is 2.12. The standard InChI is InChI=1S/C15H9N3O4/c19-14-12-6-1-2-7-13(12)15(20)17(14)16-9-10-4-3-5-11(8-10)18(21)22/h1-9H. The van der Waals surface area contributed by atoms with E-state index in [9.17, 15) is 19.7 Å². The molecule has 0 bridgehead atoms. The van der Waals surface area contributed by atoms with Crippen molar-refractivity contribution in [3.05, 3.63) is 75.3 Å². The number of imide groups is 1. The van der Waals surface area contributed by atoms with Gasteiger partial charge >= 0.3 is 0 Å². The van der Waals surface area contributed by atoms with Crippen molar-refractivity contribution in [2.45, 2.75) is 0 Å². The summed E-state index contributed by atoms with van der Waals surface area (Å²) in [6.07, 6.45) is 1.24. The SMILES string of the molecule is O=C1c2ccccc2C(=O)N1N=Cc1cccc([N+](=O)[O-])c1. The Morgan fingerprint density at radius 1 is 1.00 bits per heavy atom. The van der Waals surface area contributed by atoms with E-state index in [2.05, 4.69) is 5.10 Å². The zero-order valence-electron chi connectivity index (χ0n) is 11.2. The number of carbonyl (C=O) groups excluding carboxylic acids is 2. The Kier molecular flexibility index (Phi) is 3.23. The largest absolute Gasteiger partial charge is 0.282 e. The predicted molar refractivity (Wildman–Crippen MR) is 77.6 cm³/mol. The van der Waals surface area contributed by atoms with Crippen LogP contribution in [0.5, 0.6) is 0 Å². The van der Waals surface area contributed by atoms with Crippen molar-refractivity contribution in [1.82, 2.24) is 5.01 Å². The minimum atomic E-state index is -0.528. The van der Waals surface area contributed by atoms with E-state index in [0.717, 1.165) is 5.01 Å². The normalized spacial score (nSPS) is 13.7. The predicted octanol–water partition coefficient (Wildman–Crippen LogP) is 2.22. The molecule has 0 saturated heterocycles. The number of fused-ring (bicyclic) bond motifs is 1. The van der Waals surface area contributed by atoms with Crippen LogP contribution in [0.15, 0.2) is 53.6 Å². The van der Waals surface area contributed by atoms with Crippen LogP contribution in [0.3, 0.4) is 0 Å². The van der Waals surface area contributed by atoms with Crippen LogP contribution in [-0.4, -0.2) is 28.0 Å². The average Bonchev–Trinajstić information content (AvgIpc) is 2.78. The molecule has 0 N–H and O–H groups in total. The molecule has 2 aromatic rings. The molecule has 3 rings (SSSR count). The van der Waals surface area contributed by atoms with Crippen molar-refractivity contribution >= 4 is 23.7 Å². The molecule has 2 amide bonds. The van der Waals surface area contributed by atoms with E-state index in [-0.39, 0.29) is 5.69 Å². The summed E-state index contributed by atoms with van der Waals surface area (Å²) in [5.41, 5.74) is 0.921. The number of nitro groups is 1. The quantitative estimate of drug-likeness (QED) is 0.375. The van der Waals surface area contributed by atoms with Gasteiger partial charge in [0, 0.05) is 17.7 Å². The van der Waals surface area contributed by atoms with Crippen LogP contribution < -0.4 is 0 Å². The molecule has 1 aliphatic rings. The highest BCUT2D eigenvalue weighted by molar-refractivity contribution is 6.21. The number of benzene rings is 2. The Morgan fingerprint density at radius 3 is 2.23 bits per heavy atom. The molecule has 1 heterocycles. The second-order valence-electron chi connectivity index (χ2n) is 4.56. The van der Waals surface area contributed by atoms with Gasteiger partial charge in [0.2, 0.25) is 0 Å². The fraction of sp³-hybridized carbons (Fsp3) is 0. The Labute approximate surface area is 124 Å². The molecule has 22 heavy (non-hydrogen) atoms. The zero-order chi connectivity index (χ0) is 15.7. The van der Waals surface area contributed by atoms with Crippen LogP contribution in [-0.2, 0) is 0 Å². The highest BCUT2D eigenvalue weighted by Crippen LogP contribution is 2.22. The van der Waals surface area contributed by atoms with Crippen LogP contribution in [0.25, 0.3) is 0 Å². The summed E-state index contributed by atoms with van der Waals surface area (Å²) in [6, 6.07) is 12.2. The smallest absolute Gasteiger partial charge is 0.267 e. The molecule has 2 aromatic carbocycles. The molecule has 7 nitrogen and oxygen atoms in total. The van der Waals surface area contributed by atoms with Gasteiger partial charge in [-0.3, -0.25) is 19.7 Å². The molecule has 0 radical (unpaired) electrons. The molecule has 0 saturated carbocycles. The summed E-state index contributed by atoms with van der Waals surface area (Å²) in [5.74, 6) is -1.02. The van der Waals surface area contributed by atoms with E-state index in [1.807, 2.05) is 0 Å². The van der Waals surface area contributed by atoms with Crippen LogP contribution in [0, 0.1) is 10.1 Å². The number of carbonyl (C=O) groups is 2. The summed E-state index contributed by atoms with van der Waals surface area (Å²) in [5, 5.41) is 15.3. The van der Waals surface area contributed by atoms with Gasteiger partial charge in [-0.2, -0.15) is 10.1 Å². The second kappa shape index (κ2) is 5.21. The van der Waals surface area contributed by atoms with E-state index in [4.69, 9.17) is 0 Å². The first-order chi connectivity index (χ1) is 10.6. The number of hydrogen-bond acceptors (Lipinski definition) is 5. The number of nitrogens with zero attached hydrogens (tertiary/aromatic N) is 3. The van der Waals surface area contributed by atoms with Crippen LogP contribution in [0.4, 0.5) is 5.69 Å². The Hall–Kier alpha value is -3.35. The number of rotatable bonds is 3. The molecule has 0 fully saturated rings. The summed E-state index contributed by atoms with van der Waals surface area (Å²) < 4.78 is 0. The third-order valence-electron chi connectivity index (χ3n) is 3.18. The number of hydrogen-bond donors (Lipinski definition) is 0. The lowest BCUT2D eigenvalue weighted by atomic mass is 10.1. The van der Waals surface area contributed by atoms with Gasteiger partial charge < -0.3 is 0 Å². The monoisotopic (exact) mass is 295 g/mol. The van der Waals surface area contributed by atoms with Gasteiger partial charge in [-0.15, -0.1) is 0 Å². The summed E-state index contributed by atoms with van der Waals surface area (Å²) in [4.78, 5) is 34.4. The van der Waals surface area contributed by atoms with Gasteiger partial charge in [0.15, 0.2) is 0 Å². The molecule has 0 unspecified atom stereocenters. The lowest BCUT2D eigenvalue weighted by Gasteiger charge is -2.05. The molecule has 7 heteroatoms. The Balaban J connectivity index is 1.88. The third-order valence-corrected chi connectivity index (χ3v) is 3.18. The number of nitro benzene ring substituents is 1. The van der Waals surface area contributed by atoms with E-state index in [0.29, 0.717) is 16.7 Å². The van der Waals surface area contributed by atoms with E-state index >= 15 is 0 Å². The van der Waals surface area contributed by atoms with Gasteiger partial charge in [-0.05, 0) is 12.1 Å². The highest BCUT2D eigenvalue weighted by atomic mass is 16.6. The van der Waals surface area contributed by atoms with E-state index in [1.54, 1.807) is 30.3 Å². The maximum absolute atomic E-state index is 12.1. The van der Waals surface area contributed by atoms with Gasteiger partial charge in [-0.1, -0.05) is 24.3 Å². The van der Waals surface area contributed by atoms with Crippen LogP contribution >= 0.6 is 0 Å². The first-order valence-electron chi connectivity index (χ1n) is 6.34. The number of hydrazone groups is 1. The maximum atomic E-state index is 12.1. The zero-order valence-corrected chi connectivity index (χ0v) is 11.2. The topological polar surface area (TPSA) is 92.9 Å². The molecule has 108 valence electrons. The molecule has 0 atom stereocenters. The summed E-state index contributed by atoms with van der Waals surface area (Å²) in [6.45, 7) is 0. The molecule has 1 aliphatic heterocycles. The fourth-order valence-corrected chi connectivity index (χ4v) is 2.12. The molecular formula is C15H9N3O4. The summed E-state index contributed by atoms with van der Waals surface area (Å²) in [7, 11) is 0. The second-order valence-corrected chi connectivity index (χ2v) is 4.56. The van der Waals surface area contributed by atoms with Crippen molar-refractivity contribution in [3.63, 3.8) is 0 Å². The van der Waals surface area contributed by atoms with Crippen molar-refractivity contribution in [2.75, 3.05) is 0 Å². The molecular weight excluding hydrogens is 286 g/mol. The molecule has 0 aromatic heterocycles. The third kappa shape index (κ3) is 2.24. The maximum Gasteiger partial charge on any atom is 0.282 e. The Morgan fingerprint density at radius 2 is 1.64 bits per heavy atom. The first-order valence-corrected chi connectivity index (χ1v) is 6.34. The molecule has 0 aliphatic carbocycles. The van der Waals surface area contributed by atoms with Crippen molar-refractivity contribution in [2.24, 2.45) is 5.10 Å². The Bertz CT molecular complexity index is 794.